The van der Waals surface area contributed by atoms with Gasteiger partial charge in [-0.1, -0.05) is 29.8 Å². The normalized spacial score (nSPS) is 18.5. The Balaban J connectivity index is 2.20. The summed E-state index contributed by atoms with van der Waals surface area (Å²) in [4.78, 5) is 2.22. The lowest BCUT2D eigenvalue weighted by molar-refractivity contribution is 0.0172. The molecule has 0 aliphatic carbocycles. The maximum Gasteiger partial charge on any atom is 0.213 e. The second kappa shape index (κ2) is 7.75. The molecule has 1 heterocycles. The fraction of sp³-hybridized carbons (Fsp3) is 0.600. The summed E-state index contributed by atoms with van der Waals surface area (Å²) < 4.78 is 32.2. The number of sulfonamides is 1. The van der Waals surface area contributed by atoms with E-state index in [1.54, 1.807) is 13.8 Å². The van der Waals surface area contributed by atoms with E-state index in [0.717, 1.165) is 18.7 Å². The number of morpholine rings is 1. The van der Waals surface area contributed by atoms with Crippen LogP contribution in [0.5, 0.6) is 0 Å². The average molecular weight is 347 g/mol. The Hall–Kier alpha value is -0.660. The minimum atomic E-state index is -3.30. The largest absolute Gasteiger partial charge is 0.379 e. The average Bonchev–Trinajstić information content (AvgIpc) is 2.50. The van der Waals surface area contributed by atoms with Crippen LogP contribution in [0.1, 0.15) is 25.5 Å². The van der Waals surface area contributed by atoms with Gasteiger partial charge in [-0.2, -0.15) is 0 Å². The summed E-state index contributed by atoms with van der Waals surface area (Å²) >= 11 is 6.32. The third-order valence-electron chi connectivity index (χ3n) is 3.85. The van der Waals surface area contributed by atoms with Crippen molar-refractivity contribution in [3.8, 4) is 0 Å². The molecule has 0 spiro atoms. The molecule has 0 saturated carbocycles. The number of hydrogen-bond acceptors (Lipinski definition) is 4. The van der Waals surface area contributed by atoms with Gasteiger partial charge in [0.2, 0.25) is 10.0 Å². The fourth-order valence-corrected chi connectivity index (χ4v) is 3.42. The van der Waals surface area contributed by atoms with E-state index in [2.05, 4.69) is 9.62 Å². The molecule has 0 bridgehead atoms. The maximum atomic E-state index is 12.0. The summed E-state index contributed by atoms with van der Waals surface area (Å²) in [7, 11) is -3.30. The topological polar surface area (TPSA) is 58.6 Å². The van der Waals surface area contributed by atoms with Gasteiger partial charge < -0.3 is 4.74 Å². The quantitative estimate of drug-likeness (QED) is 0.856. The van der Waals surface area contributed by atoms with Gasteiger partial charge in [-0.3, -0.25) is 4.90 Å². The molecular weight excluding hydrogens is 324 g/mol. The van der Waals surface area contributed by atoms with Crippen LogP contribution in [0.4, 0.5) is 0 Å². The van der Waals surface area contributed by atoms with Crippen molar-refractivity contribution >= 4 is 21.6 Å². The van der Waals surface area contributed by atoms with Crippen LogP contribution in [0.15, 0.2) is 24.3 Å². The predicted molar refractivity (Wildman–Crippen MR) is 88.6 cm³/mol. The molecule has 0 unspecified atom stereocenters. The molecule has 2 rings (SSSR count). The van der Waals surface area contributed by atoms with Crippen LogP contribution in [0.3, 0.4) is 0 Å². The lowest BCUT2D eigenvalue weighted by atomic mass is 10.0. The van der Waals surface area contributed by atoms with Crippen LogP contribution < -0.4 is 4.72 Å². The monoisotopic (exact) mass is 346 g/mol. The molecule has 1 aliphatic rings. The Labute approximate surface area is 137 Å². The zero-order valence-electron chi connectivity index (χ0n) is 13.0. The molecule has 1 aliphatic heterocycles. The Kier molecular flexibility index (Phi) is 6.23. The number of ether oxygens (including phenoxy) is 1. The van der Waals surface area contributed by atoms with Gasteiger partial charge in [0.05, 0.1) is 18.5 Å². The van der Waals surface area contributed by atoms with E-state index in [4.69, 9.17) is 16.3 Å². The molecule has 22 heavy (non-hydrogen) atoms. The highest BCUT2D eigenvalue weighted by atomic mass is 35.5. The van der Waals surface area contributed by atoms with Crippen LogP contribution in [-0.4, -0.2) is 51.4 Å². The standard InChI is InChI=1S/C15H23ClN2O3S/c1-12(2)22(19,20)17-11-15(18-7-9-21-10-8-18)13-5-3-4-6-14(13)16/h3-6,12,15,17H,7-11H2,1-2H3/t15-/m0/s1. The highest BCUT2D eigenvalue weighted by molar-refractivity contribution is 7.90. The van der Waals surface area contributed by atoms with E-state index >= 15 is 0 Å². The zero-order chi connectivity index (χ0) is 16.2. The molecule has 7 heteroatoms. The zero-order valence-corrected chi connectivity index (χ0v) is 14.5. The molecule has 1 atom stereocenters. The van der Waals surface area contributed by atoms with Gasteiger partial charge in [0.1, 0.15) is 0 Å². The van der Waals surface area contributed by atoms with Gasteiger partial charge in [0.15, 0.2) is 0 Å². The van der Waals surface area contributed by atoms with Gasteiger partial charge in [0.25, 0.3) is 0 Å². The Bertz CT molecular complexity index is 586. The van der Waals surface area contributed by atoms with E-state index in [1.807, 2.05) is 24.3 Å². The smallest absolute Gasteiger partial charge is 0.213 e. The first-order valence-electron chi connectivity index (χ1n) is 7.46. The summed E-state index contributed by atoms with van der Waals surface area (Å²) in [5.74, 6) is 0. The van der Waals surface area contributed by atoms with Crippen LogP contribution in [-0.2, 0) is 14.8 Å². The first-order valence-corrected chi connectivity index (χ1v) is 9.39. The third kappa shape index (κ3) is 4.43. The first-order chi connectivity index (χ1) is 10.4. The molecule has 5 nitrogen and oxygen atoms in total. The SMILES string of the molecule is CC(C)S(=O)(=O)NC[C@@H](c1ccccc1Cl)N1CCOCC1. The minimum Gasteiger partial charge on any atom is -0.379 e. The second-order valence-electron chi connectivity index (χ2n) is 5.63. The molecule has 0 aromatic heterocycles. The van der Waals surface area contributed by atoms with E-state index < -0.39 is 15.3 Å². The number of benzene rings is 1. The number of rotatable bonds is 6. The third-order valence-corrected chi connectivity index (χ3v) is 6.00. The van der Waals surface area contributed by atoms with Gasteiger partial charge in [0, 0.05) is 30.7 Å². The highest BCUT2D eigenvalue weighted by Crippen LogP contribution is 2.28. The van der Waals surface area contributed by atoms with E-state index in [-0.39, 0.29) is 6.04 Å². The Morgan fingerprint density at radius 1 is 1.27 bits per heavy atom. The molecule has 1 aromatic rings. The molecule has 124 valence electrons. The van der Waals surface area contributed by atoms with Crippen molar-refractivity contribution in [3.63, 3.8) is 0 Å². The lowest BCUT2D eigenvalue weighted by Gasteiger charge is -2.35. The van der Waals surface area contributed by atoms with Crippen molar-refractivity contribution in [2.24, 2.45) is 0 Å². The minimum absolute atomic E-state index is 0.0916. The second-order valence-corrected chi connectivity index (χ2v) is 8.36. The van der Waals surface area contributed by atoms with Gasteiger partial charge in [-0.15, -0.1) is 0 Å². The number of nitrogens with zero attached hydrogens (tertiary/aromatic N) is 1. The van der Waals surface area contributed by atoms with E-state index in [1.165, 1.54) is 0 Å². The summed E-state index contributed by atoms with van der Waals surface area (Å²) in [6.07, 6.45) is 0. The highest BCUT2D eigenvalue weighted by Gasteiger charge is 2.26. The van der Waals surface area contributed by atoms with Crippen LogP contribution >= 0.6 is 11.6 Å². The molecule has 0 radical (unpaired) electrons. The molecule has 1 N–H and O–H groups in total. The van der Waals surface area contributed by atoms with Crippen LogP contribution in [0.25, 0.3) is 0 Å². The molecular formula is C15H23ClN2O3S. The van der Waals surface area contributed by atoms with Crippen molar-refractivity contribution in [1.82, 2.24) is 9.62 Å². The van der Waals surface area contributed by atoms with Gasteiger partial charge in [-0.05, 0) is 25.5 Å². The molecule has 0 amide bonds. The first kappa shape index (κ1) is 17.7. The van der Waals surface area contributed by atoms with Gasteiger partial charge >= 0.3 is 0 Å². The fourth-order valence-electron chi connectivity index (χ4n) is 2.43. The van der Waals surface area contributed by atoms with Crippen LogP contribution in [0.2, 0.25) is 5.02 Å². The Morgan fingerprint density at radius 3 is 2.50 bits per heavy atom. The molecule has 1 fully saturated rings. The lowest BCUT2D eigenvalue weighted by Crippen LogP contribution is -2.44. The Morgan fingerprint density at radius 2 is 1.91 bits per heavy atom. The summed E-state index contributed by atoms with van der Waals surface area (Å²) in [5.41, 5.74) is 0.942. The van der Waals surface area contributed by atoms with Crippen LogP contribution in [0, 0.1) is 0 Å². The number of hydrogen-bond donors (Lipinski definition) is 1. The van der Waals surface area contributed by atoms with Gasteiger partial charge in [-0.25, -0.2) is 13.1 Å². The van der Waals surface area contributed by atoms with Crippen molar-refractivity contribution in [3.05, 3.63) is 34.9 Å². The van der Waals surface area contributed by atoms with E-state index in [0.29, 0.717) is 24.8 Å². The number of halogens is 1. The van der Waals surface area contributed by atoms with Crippen molar-refractivity contribution in [1.29, 1.82) is 0 Å². The van der Waals surface area contributed by atoms with E-state index in [9.17, 15) is 8.42 Å². The number of nitrogens with one attached hydrogen (secondary N) is 1. The molecule has 1 saturated heterocycles. The molecule has 1 aromatic carbocycles. The van der Waals surface area contributed by atoms with Crippen molar-refractivity contribution in [2.75, 3.05) is 32.8 Å². The predicted octanol–water partition coefficient (Wildman–Crippen LogP) is 2.04. The summed E-state index contributed by atoms with van der Waals surface area (Å²) in [6.45, 7) is 6.47. The van der Waals surface area contributed by atoms with Crippen molar-refractivity contribution < 1.29 is 13.2 Å². The van der Waals surface area contributed by atoms with Crippen molar-refractivity contribution in [2.45, 2.75) is 25.1 Å². The summed E-state index contributed by atoms with van der Waals surface area (Å²) in [5, 5.41) is 0.201. The maximum absolute atomic E-state index is 12.0. The summed E-state index contributed by atoms with van der Waals surface area (Å²) in [6, 6.07) is 7.49.